The Balaban J connectivity index is 1.84. The first-order valence-corrected chi connectivity index (χ1v) is 6.96. The Labute approximate surface area is 119 Å². The third-order valence-electron chi connectivity index (χ3n) is 3.00. The molecule has 1 aliphatic heterocycles. The summed E-state index contributed by atoms with van der Waals surface area (Å²) in [5, 5.41) is 3.93. The highest BCUT2D eigenvalue weighted by molar-refractivity contribution is 4.94. The Kier molecular flexibility index (Phi) is 5.09. The third kappa shape index (κ3) is 4.82. The van der Waals surface area contributed by atoms with Crippen LogP contribution in [0, 0.1) is 0 Å². The molecule has 1 aromatic heterocycles. The number of rotatable bonds is 5. The summed E-state index contributed by atoms with van der Waals surface area (Å²) < 4.78 is 16.1. The van der Waals surface area contributed by atoms with Crippen molar-refractivity contribution in [2.75, 3.05) is 32.8 Å². The Morgan fingerprint density at radius 2 is 2.05 bits per heavy atom. The van der Waals surface area contributed by atoms with E-state index in [2.05, 4.69) is 15.0 Å². The van der Waals surface area contributed by atoms with Gasteiger partial charge in [0.05, 0.1) is 24.9 Å². The fourth-order valence-corrected chi connectivity index (χ4v) is 1.90. The molecular formula is C13H24N4O3. The van der Waals surface area contributed by atoms with Crippen LogP contribution in [0.3, 0.4) is 0 Å². The fourth-order valence-electron chi connectivity index (χ4n) is 1.90. The van der Waals surface area contributed by atoms with Gasteiger partial charge in [-0.05, 0) is 20.8 Å². The molecule has 2 heterocycles. The molecule has 1 unspecified atom stereocenters. The van der Waals surface area contributed by atoms with E-state index < -0.39 is 0 Å². The van der Waals surface area contributed by atoms with Crippen molar-refractivity contribution in [2.24, 2.45) is 5.73 Å². The highest BCUT2D eigenvalue weighted by Gasteiger charge is 2.20. The molecule has 2 N–H and O–H groups in total. The third-order valence-corrected chi connectivity index (χ3v) is 3.00. The van der Waals surface area contributed by atoms with Gasteiger partial charge in [-0.25, -0.2) is 0 Å². The maximum atomic E-state index is 6.11. The van der Waals surface area contributed by atoms with E-state index in [0.29, 0.717) is 24.9 Å². The number of hydrogen-bond donors (Lipinski definition) is 1. The molecule has 0 spiro atoms. The van der Waals surface area contributed by atoms with Crippen molar-refractivity contribution in [3.8, 4) is 0 Å². The van der Waals surface area contributed by atoms with Gasteiger partial charge in [-0.2, -0.15) is 4.98 Å². The van der Waals surface area contributed by atoms with Crippen LogP contribution < -0.4 is 5.73 Å². The smallest absolute Gasteiger partial charge is 0.252 e. The van der Waals surface area contributed by atoms with Crippen molar-refractivity contribution >= 4 is 0 Å². The average molecular weight is 284 g/mol. The van der Waals surface area contributed by atoms with Gasteiger partial charge in [-0.15, -0.1) is 0 Å². The van der Waals surface area contributed by atoms with Crippen LogP contribution >= 0.6 is 0 Å². The minimum atomic E-state index is -0.250. The van der Waals surface area contributed by atoms with Crippen LogP contribution in [-0.4, -0.2) is 53.5 Å². The molecule has 114 valence electrons. The van der Waals surface area contributed by atoms with Gasteiger partial charge in [-0.3, -0.25) is 4.90 Å². The van der Waals surface area contributed by atoms with E-state index in [4.69, 9.17) is 19.7 Å². The SMILES string of the molecule is CC(C)(C)OCc1nc(C(N)CN2CCOCC2)no1. The van der Waals surface area contributed by atoms with Crippen LogP contribution in [0.2, 0.25) is 0 Å². The molecule has 1 aliphatic rings. The van der Waals surface area contributed by atoms with E-state index in [-0.39, 0.29) is 11.6 Å². The standard InChI is InChI=1S/C13H24N4O3/c1-13(2,3)19-9-11-15-12(16-20-11)10(14)8-17-4-6-18-7-5-17/h10H,4-9,14H2,1-3H3. The summed E-state index contributed by atoms with van der Waals surface area (Å²) in [6.07, 6.45) is 0. The van der Waals surface area contributed by atoms with Crippen LogP contribution in [0.15, 0.2) is 4.52 Å². The molecule has 1 saturated heterocycles. The predicted molar refractivity (Wildman–Crippen MR) is 73.0 cm³/mol. The molecule has 1 fully saturated rings. The Morgan fingerprint density at radius 3 is 2.70 bits per heavy atom. The van der Waals surface area contributed by atoms with Gasteiger partial charge < -0.3 is 19.7 Å². The zero-order chi connectivity index (χ0) is 14.6. The largest absolute Gasteiger partial charge is 0.379 e. The molecule has 20 heavy (non-hydrogen) atoms. The number of ether oxygens (including phenoxy) is 2. The molecule has 0 aliphatic carbocycles. The Morgan fingerprint density at radius 1 is 1.35 bits per heavy atom. The molecule has 0 saturated carbocycles. The summed E-state index contributed by atoms with van der Waals surface area (Å²) in [4.78, 5) is 6.54. The lowest BCUT2D eigenvalue weighted by molar-refractivity contribution is -0.0260. The zero-order valence-corrected chi connectivity index (χ0v) is 12.5. The fraction of sp³-hybridized carbons (Fsp3) is 0.846. The van der Waals surface area contributed by atoms with Gasteiger partial charge in [0.25, 0.3) is 5.89 Å². The van der Waals surface area contributed by atoms with Crippen molar-refractivity contribution in [3.63, 3.8) is 0 Å². The van der Waals surface area contributed by atoms with Gasteiger partial charge in [0, 0.05) is 19.6 Å². The topological polar surface area (TPSA) is 86.6 Å². The van der Waals surface area contributed by atoms with E-state index >= 15 is 0 Å². The molecule has 0 radical (unpaired) electrons. The second kappa shape index (κ2) is 6.62. The first-order valence-electron chi connectivity index (χ1n) is 6.96. The van der Waals surface area contributed by atoms with E-state index in [9.17, 15) is 0 Å². The zero-order valence-electron chi connectivity index (χ0n) is 12.5. The summed E-state index contributed by atoms with van der Waals surface area (Å²) in [5.41, 5.74) is 5.88. The summed E-state index contributed by atoms with van der Waals surface area (Å²) in [6.45, 7) is 10.3. The predicted octanol–water partition coefficient (Wildman–Crippen LogP) is 0.717. The number of nitrogens with zero attached hydrogens (tertiary/aromatic N) is 3. The highest BCUT2D eigenvalue weighted by atomic mass is 16.5. The summed E-state index contributed by atoms with van der Waals surface area (Å²) in [7, 11) is 0. The maximum absolute atomic E-state index is 6.11. The molecule has 1 aromatic rings. The average Bonchev–Trinajstić information content (AvgIpc) is 2.86. The van der Waals surface area contributed by atoms with Crippen molar-refractivity contribution < 1.29 is 14.0 Å². The van der Waals surface area contributed by atoms with E-state index in [1.165, 1.54) is 0 Å². The van der Waals surface area contributed by atoms with E-state index in [0.717, 1.165) is 26.3 Å². The molecule has 7 heteroatoms. The summed E-state index contributed by atoms with van der Waals surface area (Å²) in [6, 6.07) is -0.250. The molecule has 0 amide bonds. The van der Waals surface area contributed by atoms with Crippen LogP contribution in [-0.2, 0) is 16.1 Å². The summed E-state index contributed by atoms with van der Waals surface area (Å²) in [5.74, 6) is 0.997. The first-order chi connectivity index (χ1) is 9.44. The summed E-state index contributed by atoms with van der Waals surface area (Å²) >= 11 is 0. The van der Waals surface area contributed by atoms with Crippen LogP contribution in [0.25, 0.3) is 0 Å². The second-order valence-electron chi connectivity index (χ2n) is 5.97. The normalized spacial score (nSPS) is 19.2. The van der Waals surface area contributed by atoms with E-state index in [1.807, 2.05) is 20.8 Å². The molecule has 7 nitrogen and oxygen atoms in total. The molecular weight excluding hydrogens is 260 g/mol. The number of nitrogens with two attached hydrogens (primary N) is 1. The lowest BCUT2D eigenvalue weighted by Gasteiger charge is -2.27. The van der Waals surface area contributed by atoms with Gasteiger partial charge in [0.15, 0.2) is 5.82 Å². The van der Waals surface area contributed by atoms with Gasteiger partial charge >= 0.3 is 0 Å². The van der Waals surface area contributed by atoms with Crippen molar-refractivity contribution in [1.82, 2.24) is 15.0 Å². The van der Waals surface area contributed by atoms with Gasteiger partial charge in [0.1, 0.15) is 6.61 Å². The number of morpholine rings is 1. The quantitative estimate of drug-likeness (QED) is 0.852. The lowest BCUT2D eigenvalue weighted by Crippen LogP contribution is -2.40. The first kappa shape index (κ1) is 15.4. The monoisotopic (exact) mass is 284 g/mol. The highest BCUT2D eigenvalue weighted by Crippen LogP contribution is 2.13. The van der Waals surface area contributed by atoms with E-state index in [1.54, 1.807) is 0 Å². The Hall–Kier alpha value is -1.02. The molecule has 1 atom stereocenters. The molecule has 0 bridgehead atoms. The van der Waals surface area contributed by atoms with Crippen molar-refractivity contribution in [2.45, 2.75) is 39.0 Å². The van der Waals surface area contributed by atoms with Gasteiger partial charge in [0.2, 0.25) is 0 Å². The minimum absolute atomic E-state index is 0.232. The van der Waals surface area contributed by atoms with Gasteiger partial charge in [-0.1, -0.05) is 5.16 Å². The Bertz CT molecular complexity index is 410. The van der Waals surface area contributed by atoms with Crippen LogP contribution in [0.5, 0.6) is 0 Å². The van der Waals surface area contributed by atoms with Crippen LogP contribution in [0.4, 0.5) is 0 Å². The van der Waals surface area contributed by atoms with Crippen LogP contribution in [0.1, 0.15) is 38.5 Å². The number of aromatic nitrogens is 2. The maximum Gasteiger partial charge on any atom is 0.252 e. The molecule has 2 rings (SSSR count). The minimum Gasteiger partial charge on any atom is -0.379 e. The number of hydrogen-bond acceptors (Lipinski definition) is 7. The van der Waals surface area contributed by atoms with Crippen molar-refractivity contribution in [1.29, 1.82) is 0 Å². The molecule has 0 aromatic carbocycles. The van der Waals surface area contributed by atoms with Crippen molar-refractivity contribution in [3.05, 3.63) is 11.7 Å². The second-order valence-corrected chi connectivity index (χ2v) is 5.97. The lowest BCUT2D eigenvalue weighted by atomic mass is 10.2.